The Bertz CT molecular complexity index is 808. The number of rotatable bonds is 3. The van der Waals surface area contributed by atoms with Crippen LogP contribution in [0.25, 0.3) is 0 Å². The average Bonchev–Trinajstić information content (AvgIpc) is 3.37. The summed E-state index contributed by atoms with van der Waals surface area (Å²) in [4.78, 5) is 23.7. The Morgan fingerprint density at radius 1 is 1.04 bits per heavy atom. The molecule has 130 valence electrons. The van der Waals surface area contributed by atoms with Crippen LogP contribution >= 0.6 is 0 Å². The fraction of sp³-hybridized carbons (Fsp3) is 0.222. The smallest absolute Gasteiger partial charge is 0.304 e. The van der Waals surface area contributed by atoms with Gasteiger partial charge < -0.3 is 5.32 Å². The molecule has 5 nitrogen and oxygen atoms in total. The Morgan fingerprint density at radius 3 is 2.44 bits per heavy atom. The predicted molar refractivity (Wildman–Crippen MR) is 88.7 cm³/mol. The van der Waals surface area contributed by atoms with E-state index < -0.39 is 17.7 Å². The van der Waals surface area contributed by atoms with Crippen molar-refractivity contribution < 1.29 is 18.4 Å². The highest BCUT2D eigenvalue weighted by Gasteiger charge is 2.44. The molecule has 3 rings (SSSR count). The first kappa shape index (κ1) is 16.9. The van der Waals surface area contributed by atoms with Crippen LogP contribution in [-0.2, 0) is 4.79 Å². The van der Waals surface area contributed by atoms with Gasteiger partial charge >= 0.3 is 6.03 Å². The molecule has 1 aliphatic carbocycles. The zero-order valence-electron chi connectivity index (χ0n) is 13.5. The lowest BCUT2D eigenvalue weighted by Gasteiger charge is -2.09. The number of carbonyl (C=O) groups excluding carboxylic acids is 2. The van der Waals surface area contributed by atoms with Crippen LogP contribution in [0.2, 0.25) is 0 Å². The summed E-state index contributed by atoms with van der Waals surface area (Å²) in [5.74, 6) is -2.01. The van der Waals surface area contributed by atoms with Crippen LogP contribution in [0.4, 0.5) is 19.3 Å². The molecule has 0 unspecified atom stereocenters. The minimum absolute atomic E-state index is 0.139. The number of halogens is 2. The SMILES string of the molecule is Cc1ccc([C@@H]2C[C@H]2C(=O)NNC(=O)Nc2ccc(F)cc2F)cc1. The van der Waals surface area contributed by atoms with E-state index in [0.717, 1.165) is 23.3 Å². The molecule has 0 aromatic heterocycles. The standard InChI is InChI=1S/C18H17F2N3O2/c1-10-2-4-11(5-3-10)13-9-14(13)17(24)22-23-18(25)21-16-7-6-12(19)8-15(16)20/h2-8,13-14H,9H2,1H3,(H,22,24)(H2,21,23,25)/t13-,14+/m0/s1. The molecule has 7 heteroatoms. The van der Waals surface area contributed by atoms with Gasteiger partial charge in [0.2, 0.25) is 5.91 Å². The van der Waals surface area contributed by atoms with E-state index in [1.807, 2.05) is 31.2 Å². The highest BCUT2D eigenvalue weighted by molar-refractivity contribution is 5.92. The van der Waals surface area contributed by atoms with E-state index in [2.05, 4.69) is 16.2 Å². The molecule has 1 fully saturated rings. The summed E-state index contributed by atoms with van der Waals surface area (Å²) in [6.07, 6.45) is 0.713. The van der Waals surface area contributed by atoms with Crippen LogP contribution in [0.5, 0.6) is 0 Å². The minimum atomic E-state index is -0.900. The van der Waals surface area contributed by atoms with Gasteiger partial charge in [0, 0.05) is 12.0 Å². The van der Waals surface area contributed by atoms with Gasteiger partial charge in [0.15, 0.2) is 0 Å². The maximum atomic E-state index is 13.4. The van der Waals surface area contributed by atoms with Crippen molar-refractivity contribution in [3.8, 4) is 0 Å². The lowest BCUT2D eigenvalue weighted by molar-refractivity contribution is -0.123. The van der Waals surface area contributed by atoms with Crippen LogP contribution in [-0.4, -0.2) is 11.9 Å². The van der Waals surface area contributed by atoms with Gasteiger partial charge in [-0.25, -0.2) is 19.0 Å². The largest absolute Gasteiger partial charge is 0.338 e. The van der Waals surface area contributed by atoms with Gasteiger partial charge in [0.1, 0.15) is 11.6 Å². The Morgan fingerprint density at radius 2 is 1.76 bits per heavy atom. The van der Waals surface area contributed by atoms with E-state index >= 15 is 0 Å². The summed E-state index contributed by atoms with van der Waals surface area (Å²) < 4.78 is 26.3. The first-order valence-electron chi connectivity index (χ1n) is 7.82. The van der Waals surface area contributed by atoms with E-state index in [9.17, 15) is 18.4 Å². The normalized spacial score (nSPS) is 18.4. The van der Waals surface area contributed by atoms with Gasteiger partial charge in [-0.2, -0.15) is 0 Å². The van der Waals surface area contributed by atoms with Gasteiger partial charge in [0.25, 0.3) is 0 Å². The molecule has 1 saturated carbocycles. The van der Waals surface area contributed by atoms with Crippen LogP contribution < -0.4 is 16.2 Å². The van der Waals surface area contributed by atoms with Gasteiger partial charge in [-0.1, -0.05) is 29.8 Å². The Hall–Kier alpha value is -2.96. The summed E-state index contributed by atoms with van der Waals surface area (Å²) in [7, 11) is 0. The summed E-state index contributed by atoms with van der Waals surface area (Å²) in [6, 6.07) is 9.93. The molecule has 0 radical (unpaired) electrons. The maximum Gasteiger partial charge on any atom is 0.338 e. The highest BCUT2D eigenvalue weighted by Crippen LogP contribution is 2.47. The molecular weight excluding hydrogens is 328 g/mol. The topological polar surface area (TPSA) is 70.2 Å². The fourth-order valence-corrected chi connectivity index (χ4v) is 2.62. The molecule has 1 aliphatic rings. The number of nitrogens with one attached hydrogen (secondary N) is 3. The van der Waals surface area contributed by atoms with E-state index in [0.29, 0.717) is 12.5 Å². The van der Waals surface area contributed by atoms with E-state index in [-0.39, 0.29) is 23.4 Å². The van der Waals surface area contributed by atoms with Gasteiger partial charge in [-0.15, -0.1) is 0 Å². The zero-order chi connectivity index (χ0) is 18.0. The summed E-state index contributed by atoms with van der Waals surface area (Å²) in [5.41, 5.74) is 6.53. The molecule has 0 heterocycles. The molecule has 0 saturated heterocycles. The lowest BCUT2D eigenvalue weighted by atomic mass is 10.1. The van der Waals surface area contributed by atoms with Crippen molar-refractivity contribution in [3.63, 3.8) is 0 Å². The highest BCUT2D eigenvalue weighted by atomic mass is 19.1. The van der Waals surface area contributed by atoms with Gasteiger partial charge in [-0.3, -0.25) is 10.2 Å². The van der Waals surface area contributed by atoms with Crippen LogP contribution in [0.1, 0.15) is 23.5 Å². The molecule has 0 spiro atoms. The van der Waals surface area contributed by atoms with Crippen molar-refractivity contribution in [2.75, 3.05) is 5.32 Å². The number of urea groups is 1. The zero-order valence-corrected chi connectivity index (χ0v) is 13.5. The number of hydrogen-bond donors (Lipinski definition) is 3. The average molecular weight is 345 g/mol. The predicted octanol–water partition coefficient (Wildman–Crippen LogP) is 3.23. The third kappa shape index (κ3) is 4.12. The van der Waals surface area contributed by atoms with Crippen molar-refractivity contribution in [1.29, 1.82) is 0 Å². The van der Waals surface area contributed by atoms with Gasteiger partial charge in [0.05, 0.1) is 5.69 Å². The first-order valence-corrected chi connectivity index (χ1v) is 7.82. The first-order chi connectivity index (χ1) is 11.9. The summed E-state index contributed by atoms with van der Waals surface area (Å²) in [6.45, 7) is 1.99. The van der Waals surface area contributed by atoms with Crippen molar-refractivity contribution in [3.05, 3.63) is 65.2 Å². The minimum Gasteiger partial charge on any atom is -0.304 e. The van der Waals surface area contributed by atoms with E-state index in [1.165, 1.54) is 0 Å². The number of aryl methyl sites for hydroxylation is 1. The van der Waals surface area contributed by atoms with Crippen molar-refractivity contribution in [2.45, 2.75) is 19.3 Å². The number of carbonyl (C=O) groups is 2. The fourth-order valence-electron chi connectivity index (χ4n) is 2.62. The third-order valence-corrected chi connectivity index (χ3v) is 4.11. The molecule has 0 bridgehead atoms. The monoisotopic (exact) mass is 345 g/mol. The Balaban J connectivity index is 1.48. The number of hydrazine groups is 1. The van der Waals surface area contributed by atoms with E-state index in [1.54, 1.807) is 0 Å². The molecule has 3 amide bonds. The van der Waals surface area contributed by atoms with Crippen molar-refractivity contribution >= 4 is 17.6 Å². The number of benzene rings is 2. The van der Waals surface area contributed by atoms with Crippen LogP contribution in [0.3, 0.4) is 0 Å². The third-order valence-electron chi connectivity index (χ3n) is 4.11. The van der Waals surface area contributed by atoms with Crippen molar-refractivity contribution in [1.82, 2.24) is 10.9 Å². The maximum absolute atomic E-state index is 13.4. The van der Waals surface area contributed by atoms with Crippen LogP contribution in [0, 0.1) is 24.5 Å². The Labute approximate surface area is 143 Å². The summed E-state index contributed by atoms with van der Waals surface area (Å²) in [5, 5.41) is 2.19. The molecule has 25 heavy (non-hydrogen) atoms. The number of anilines is 1. The molecule has 2 aromatic rings. The molecule has 2 aromatic carbocycles. The second-order valence-electron chi connectivity index (χ2n) is 6.05. The number of amides is 3. The second-order valence-corrected chi connectivity index (χ2v) is 6.05. The molecular formula is C18H17F2N3O2. The summed E-state index contributed by atoms with van der Waals surface area (Å²) >= 11 is 0. The van der Waals surface area contributed by atoms with Crippen molar-refractivity contribution in [2.24, 2.45) is 5.92 Å². The second kappa shape index (κ2) is 6.88. The van der Waals surface area contributed by atoms with E-state index in [4.69, 9.17) is 0 Å². The molecule has 0 aliphatic heterocycles. The molecule has 3 N–H and O–H groups in total. The number of hydrogen-bond acceptors (Lipinski definition) is 2. The lowest BCUT2D eigenvalue weighted by Crippen LogP contribution is -2.44. The van der Waals surface area contributed by atoms with Crippen LogP contribution in [0.15, 0.2) is 42.5 Å². The quantitative estimate of drug-likeness (QED) is 0.748. The van der Waals surface area contributed by atoms with Gasteiger partial charge in [-0.05, 0) is 37.0 Å². The Kier molecular flexibility index (Phi) is 4.65. The molecule has 2 atom stereocenters.